The Kier molecular flexibility index (Phi) is 6.35. The third-order valence-corrected chi connectivity index (χ3v) is 4.73. The van der Waals surface area contributed by atoms with E-state index in [2.05, 4.69) is 10.5 Å². The van der Waals surface area contributed by atoms with Crippen molar-refractivity contribution in [2.75, 3.05) is 24.2 Å². The number of nitrogens with one attached hydrogen (secondary N) is 1. The Balaban J connectivity index is 2.12. The number of methoxy groups -OCH3 is 1. The zero-order chi connectivity index (χ0) is 19.2. The van der Waals surface area contributed by atoms with E-state index in [9.17, 15) is 13.2 Å². The molecule has 0 fully saturated rings. The Labute approximate surface area is 153 Å². The third-order valence-electron chi connectivity index (χ3n) is 3.59. The lowest BCUT2D eigenvalue weighted by Gasteiger charge is -2.21. The highest BCUT2D eigenvalue weighted by Crippen LogP contribution is 2.21. The molecule has 0 aromatic heterocycles. The van der Waals surface area contributed by atoms with Gasteiger partial charge in [-0.3, -0.25) is 9.10 Å². The quantitative estimate of drug-likeness (QED) is 0.592. The molecule has 0 aliphatic rings. The van der Waals surface area contributed by atoms with Crippen LogP contribution in [0.5, 0.6) is 5.75 Å². The van der Waals surface area contributed by atoms with Crippen LogP contribution in [0.25, 0.3) is 0 Å². The van der Waals surface area contributed by atoms with E-state index in [-0.39, 0.29) is 6.54 Å². The van der Waals surface area contributed by atoms with Gasteiger partial charge in [0.15, 0.2) is 0 Å². The molecule has 7 nitrogen and oxygen atoms in total. The molecule has 0 bridgehead atoms. The Hall–Kier alpha value is -2.87. The van der Waals surface area contributed by atoms with Crippen LogP contribution in [0.4, 0.5) is 5.69 Å². The van der Waals surface area contributed by atoms with Crippen LogP contribution >= 0.6 is 0 Å². The number of benzene rings is 2. The Bertz CT molecular complexity index is 878. The van der Waals surface area contributed by atoms with E-state index < -0.39 is 15.9 Å². The molecular formula is C18H21N3O4S. The van der Waals surface area contributed by atoms with Gasteiger partial charge < -0.3 is 4.74 Å². The molecule has 0 unspecified atom stereocenters. The molecule has 2 aromatic carbocycles. The highest BCUT2D eigenvalue weighted by atomic mass is 32.2. The molecule has 8 heteroatoms. The fourth-order valence-corrected chi connectivity index (χ4v) is 3.06. The molecule has 0 saturated heterocycles. The van der Waals surface area contributed by atoms with Crippen molar-refractivity contribution in [3.05, 3.63) is 60.2 Å². The van der Waals surface area contributed by atoms with Crippen molar-refractivity contribution in [1.29, 1.82) is 0 Å². The number of ether oxygens (including phenoxy) is 1. The second-order valence-corrected chi connectivity index (χ2v) is 7.47. The molecular weight excluding hydrogens is 354 g/mol. The first kappa shape index (κ1) is 19.5. The fraction of sp³-hybridized carbons (Fsp3) is 0.222. The molecule has 1 N–H and O–H groups in total. The van der Waals surface area contributed by atoms with Crippen LogP contribution in [-0.4, -0.2) is 39.9 Å². The van der Waals surface area contributed by atoms with Gasteiger partial charge in [0.25, 0.3) is 5.91 Å². The second-order valence-electron chi connectivity index (χ2n) is 5.57. The molecule has 0 aliphatic carbocycles. The molecule has 26 heavy (non-hydrogen) atoms. The standard InChI is InChI=1S/C18H21N3O4S/c1-14(15-7-5-4-6-8-15)19-20-18(22)13-21(26(3,23)24)16-9-11-17(25-2)12-10-16/h4-12H,13H2,1-3H3,(H,20,22)/b19-14-. The topological polar surface area (TPSA) is 88.1 Å². The number of hydrogen-bond donors (Lipinski definition) is 1. The largest absolute Gasteiger partial charge is 0.497 e. The van der Waals surface area contributed by atoms with E-state index in [1.165, 1.54) is 7.11 Å². The van der Waals surface area contributed by atoms with Crippen molar-refractivity contribution < 1.29 is 17.9 Å². The van der Waals surface area contributed by atoms with Crippen LogP contribution in [0.1, 0.15) is 12.5 Å². The average molecular weight is 375 g/mol. The lowest BCUT2D eigenvalue weighted by molar-refractivity contribution is -0.119. The maximum atomic E-state index is 12.2. The minimum atomic E-state index is -3.64. The van der Waals surface area contributed by atoms with Crippen LogP contribution in [0.15, 0.2) is 59.7 Å². The number of carbonyl (C=O) groups excluding carboxylic acids is 1. The predicted octanol–water partition coefficient (Wildman–Crippen LogP) is 2.00. The predicted molar refractivity (Wildman–Crippen MR) is 102 cm³/mol. The summed E-state index contributed by atoms with van der Waals surface area (Å²) in [6.07, 6.45) is 1.04. The monoisotopic (exact) mass is 375 g/mol. The maximum Gasteiger partial charge on any atom is 0.260 e. The maximum absolute atomic E-state index is 12.2. The summed E-state index contributed by atoms with van der Waals surface area (Å²) >= 11 is 0. The van der Waals surface area contributed by atoms with Gasteiger partial charge in [-0.25, -0.2) is 13.8 Å². The van der Waals surface area contributed by atoms with E-state index >= 15 is 0 Å². The number of amides is 1. The number of hydrogen-bond acceptors (Lipinski definition) is 5. The summed E-state index contributed by atoms with van der Waals surface area (Å²) in [6, 6.07) is 15.8. The lowest BCUT2D eigenvalue weighted by atomic mass is 10.1. The first-order valence-electron chi connectivity index (χ1n) is 7.81. The zero-order valence-electron chi connectivity index (χ0n) is 14.8. The van der Waals surface area contributed by atoms with Gasteiger partial charge in [0, 0.05) is 0 Å². The summed E-state index contributed by atoms with van der Waals surface area (Å²) in [6.45, 7) is 1.38. The number of carbonyl (C=O) groups is 1. The Morgan fingerprint density at radius 2 is 1.73 bits per heavy atom. The van der Waals surface area contributed by atoms with Crippen molar-refractivity contribution >= 4 is 27.3 Å². The normalized spacial score (nSPS) is 11.7. The minimum Gasteiger partial charge on any atom is -0.497 e. The molecule has 2 aromatic rings. The minimum absolute atomic E-state index is 0.368. The summed E-state index contributed by atoms with van der Waals surface area (Å²) in [4.78, 5) is 12.2. The van der Waals surface area contributed by atoms with Gasteiger partial charge in [-0.05, 0) is 36.8 Å². The molecule has 1 amide bonds. The van der Waals surface area contributed by atoms with Crippen LogP contribution in [0.2, 0.25) is 0 Å². The molecule has 0 aliphatic heterocycles. The number of rotatable bonds is 7. The van der Waals surface area contributed by atoms with Crippen molar-refractivity contribution in [2.45, 2.75) is 6.92 Å². The van der Waals surface area contributed by atoms with E-state index in [4.69, 9.17) is 4.74 Å². The Morgan fingerprint density at radius 3 is 2.27 bits per heavy atom. The van der Waals surface area contributed by atoms with E-state index in [1.807, 2.05) is 30.3 Å². The van der Waals surface area contributed by atoms with Gasteiger partial charge in [-0.1, -0.05) is 30.3 Å². The fourth-order valence-electron chi connectivity index (χ4n) is 2.20. The van der Waals surface area contributed by atoms with Gasteiger partial charge in [-0.15, -0.1) is 0 Å². The number of anilines is 1. The molecule has 2 rings (SSSR count). The van der Waals surface area contributed by atoms with Crippen LogP contribution < -0.4 is 14.5 Å². The highest BCUT2D eigenvalue weighted by molar-refractivity contribution is 7.92. The van der Waals surface area contributed by atoms with Gasteiger partial charge in [0.2, 0.25) is 10.0 Å². The molecule has 0 saturated carbocycles. The molecule has 0 atom stereocenters. The first-order valence-corrected chi connectivity index (χ1v) is 9.66. The highest BCUT2D eigenvalue weighted by Gasteiger charge is 2.20. The lowest BCUT2D eigenvalue weighted by Crippen LogP contribution is -2.39. The number of hydrazone groups is 1. The average Bonchev–Trinajstić information content (AvgIpc) is 2.64. The summed E-state index contributed by atoms with van der Waals surface area (Å²) in [5, 5.41) is 4.03. The molecule has 0 heterocycles. The van der Waals surface area contributed by atoms with Gasteiger partial charge >= 0.3 is 0 Å². The first-order chi connectivity index (χ1) is 12.3. The summed E-state index contributed by atoms with van der Waals surface area (Å²) in [5.41, 5.74) is 4.25. The van der Waals surface area contributed by atoms with Crippen molar-refractivity contribution in [3.8, 4) is 5.75 Å². The summed E-state index contributed by atoms with van der Waals surface area (Å²) < 4.78 is 30.2. The van der Waals surface area contributed by atoms with Crippen molar-refractivity contribution in [1.82, 2.24) is 5.43 Å². The van der Waals surface area contributed by atoms with Crippen LogP contribution in [0, 0.1) is 0 Å². The van der Waals surface area contributed by atoms with Crippen LogP contribution in [-0.2, 0) is 14.8 Å². The van der Waals surface area contributed by atoms with Crippen molar-refractivity contribution in [3.63, 3.8) is 0 Å². The van der Waals surface area contributed by atoms with Gasteiger partial charge in [-0.2, -0.15) is 5.10 Å². The Morgan fingerprint density at radius 1 is 1.12 bits per heavy atom. The third kappa shape index (κ3) is 5.32. The number of sulfonamides is 1. The number of nitrogens with zero attached hydrogens (tertiary/aromatic N) is 2. The van der Waals surface area contributed by atoms with Gasteiger partial charge in [0.05, 0.1) is 24.8 Å². The van der Waals surface area contributed by atoms with E-state index in [0.717, 1.165) is 16.1 Å². The van der Waals surface area contributed by atoms with Crippen molar-refractivity contribution in [2.24, 2.45) is 5.10 Å². The summed E-state index contributed by atoms with van der Waals surface area (Å²) in [7, 11) is -2.12. The SMILES string of the molecule is COc1ccc(N(CC(=O)N/N=C(/C)c2ccccc2)S(C)(=O)=O)cc1. The van der Waals surface area contributed by atoms with E-state index in [0.29, 0.717) is 17.1 Å². The molecule has 0 spiro atoms. The second kappa shape index (κ2) is 8.48. The zero-order valence-corrected chi connectivity index (χ0v) is 15.7. The molecule has 0 radical (unpaired) electrons. The van der Waals surface area contributed by atoms with Crippen LogP contribution in [0.3, 0.4) is 0 Å². The van der Waals surface area contributed by atoms with Gasteiger partial charge in [0.1, 0.15) is 12.3 Å². The molecule has 138 valence electrons. The smallest absolute Gasteiger partial charge is 0.260 e. The summed E-state index contributed by atoms with van der Waals surface area (Å²) in [5.74, 6) is 0.0521. The van der Waals surface area contributed by atoms with E-state index in [1.54, 1.807) is 31.2 Å².